The standard InChI is InChI=1S/C11H17Cl2N3/c1-15(2)6-7-16(3)8-9-4-5-10(12)14-11(9)13/h4-5H,6-8H2,1-3H3. The molecule has 1 aromatic heterocycles. The average Bonchev–Trinajstić information content (AvgIpc) is 2.19. The minimum Gasteiger partial charge on any atom is -0.308 e. The molecule has 0 radical (unpaired) electrons. The molecule has 0 spiro atoms. The van der Waals surface area contributed by atoms with E-state index < -0.39 is 0 Å². The topological polar surface area (TPSA) is 19.4 Å². The lowest BCUT2D eigenvalue weighted by molar-refractivity contribution is 0.276. The van der Waals surface area contributed by atoms with Crippen molar-refractivity contribution in [1.29, 1.82) is 0 Å². The highest BCUT2D eigenvalue weighted by Crippen LogP contribution is 2.17. The zero-order valence-electron chi connectivity index (χ0n) is 9.87. The zero-order valence-corrected chi connectivity index (χ0v) is 11.4. The summed E-state index contributed by atoms with van der Waals surface area (Å²) in [5, 5.41) is 0.925. The number of hydrogen-bond donors (Lipinski definition) is 0. The Morgan fingerprint density at radius 3 is 2.38 bits per heavy atom. The van der Waals surface area contributed by atoms with E-state index in [4.69, 9.17) is 23.2 Å². The summed E-state index contributed by atoms with van der Waals surface area (Å²) in [6.07, 6.45) is 0. The average molecular weight is 262 g/mol. The first-order chi connectivity index (χ1) is 7.49. The number of rotatable bonds is 5. The van der Waals surface area contributed by atoms with Crippen LogP contribution in [0.1, 0.15) is 5.56 Å². The molecular formula is C11H17Cl2N3. The molecule has 1 rings (SSSR count). The minimum absolute atomic E-state index is 0.435. The predicted molar refractivity (Wildman–Crippen MR) is 69.1 cm³/mol. The summed E-state index contributed by atoms with van der Waals surface area (Å²) in [5.74, 6) is 0. The van der Waals surface area contributed by atoms with Crippen molar-refractivity contribution >= 4 is 23.2 Å². The maximum Gasteiger partial charge on any atom is 0.135 e. The van der Waals surface area contributed by atoms with Crippen LogP contribution in [0.15, 0.2) is 12.1 Å². The fraction of sp³-hybridized carbons (Fsp3) is 0.545. The minimum atomic E-state index is 0.435. The number of likely N-dealkylation sites (N-methyl/N-ethyl adjacent to an activating group) is 2. The first kappa shape index (κ1) is 13.7. The van der Waals surface area contributed by atoms with Crippen LogP contribution in [0.4, 0.5) is 0 Å². The normalized spacial score (nSPS) is 11.4. The summed E-state index contributed by atoms with van der Waals surface area (Å²) in [5.41, 5.74) is 1.01. The van der Waals surface area contributed by atoms with Crippen molar-refractivity contribution in [3.63, 3.8) is 0 Å². The van der Waals surface area contributed by atoms with Gasteiger partial charge in [0.05, 0.1) is 0 Å². The van der Waals surface area contributed by atoms with E-state index in [1.165, 1.54) is 0 Å². The van der Waals surface area contributed by atoms with E-state index in [0.717, 1.165) is 25.2 Å². The molecule has 0 amide bonds. The van der Waals surface area contributed by atoms with Crippen molar-refractivity contribution in [3.05, 3.63) is 28.0 Å². The van der Waals surface area contributed by atoms with E-state index in [2.05, 4.69) is 35.9 Å². The fourth-order valence-electron chi connectivity index (χ4n) is 1.30. The predicted octanol–water partition coefficient (Wildman–Crippen LogP) is 2.38. The van der Waals surface area contributed by atoms with Gasteiger partial charge in [-0.1, -0.05) is 29.3 Å². The van der Waals surface area contributed by atoms with Crippen LogP contribution in [0.2, 0.25) is 10.3 Å². The molecule has 5 heteroatoms. The van der Waals surface area contributed by atoms with Gasteiger partial charge in [-0.05, 0) is 27.2 Å². The molecule has 0 atom stereocenters. The lowest BCUT2D eigenvalue weighted by Crippen LogP contribution is -2.28. The van der Waals surface area contributed by atoms with Crippen molar-refractivity contribution < 1.29 is 0 Å². The van der Waals surface area contributed by atoms with Gasteiger partial charge in [0, 0.05) is 25.2 Å². The van der Waals surface area contributed by atoms with Gasteiger partial charge >= 0.3 is 0 Å². The molecule has 0 saturated heterocycles. The third kappa shape index (κ3) is 4.66. The smallest absolute Gasteiger partial charge is 0.135 e. The molecule has 0 aliphatic heterocycles. The molecule has 0 aliphatic rings. The van der Waals surface area contributed by atoms with E-state index in [9.17, 15) is 0 Å². The largest absolute Gasteiger partial charge is 0.308 e. The van der Waals surface area contributed by atoms with E-state index in [1.807, 2.05) is 6.07 Å². The molecular weight excluding hydrogens is 245 g/mol. The highest BCUT2D eigenvalue weighted by Gasteiger charge is 2.06. The van der Waals surface area contributed by atoms with Crippen LogP contribution in [-0.2, 0) is 6.54 Å². The van der Waals surface area contributed by atoms with Crippen LogP contribution in [-0.4, -0.2) is 49.0 Å². The number of nitrogens with zero attached hydrogens (tertiary/aromatic N) is 3. The number of halogens is 2. The maximum atomic E-state index is 6.00. The van der Waals surface area contributed by atoms with E-state index in [-0.39, 0.29) is 0 Å². The Morgan fingerprint density at radius 2 is 1.81 bits per heavy atom. The molecule has 3 nitrogen and oxygen atoms in total. The summed E-state index contributed by atoms with van der Waals surface area (Å²) in [7, 11) is 6.18. The van der Waals surface area contributed by atoms with Crippen LogP contribution in [0, 0.1) is 0 Å². The molecule has 0 N–H and O–H groups in total. The van der Waals surface area contributed by atoms with Crippen molar-refractivity contribution in [2.75, 3.05) is 34.2 Å². The Hall–Kier alpha value is -0.350. The second kappa shape index (κ2) is 6.40. The Kier molecular flexibility index (Phi) is 5.49. The molecule has 1 aromatic rings. The van der Waals surface area contributed by atoms with Crippen LogP contribution in [0.25, 0.3) is 0 Å². The van der Waals surface area contributed by atoms with Gasteiger partial charge in [-0.3, -0.25) is 0 Å². The summed E-state index contributed by atoms with van der Waals surface area (Å²) < 4.78 is 0. The van der Waals surface area contributed by atoms with Gasteiger partial charge in [0.25, 0.3) is 0 Å². The van der Waals surface area contributed by atoms with Gasteiger partial charge in [0.2, 0.25) is 0 Å². The van der Waals surface area contributed by atoms with Crippen molar-refractivity contribution in [2.45, 2.75) is 6.54 Å². The summed E-state index contributed by atoms with van der Waals surface area (Å²) in [6, 6.07) is 3.69. The van der Waals surface area contributed by atoms with Crippen molar-refractivity contribution in [1.82, 2.24) is 14.8 Å². The van der Waals surface area contributed by atoms with Crippen LogP contribution >= 0.6 is 23.2 Å². The third-order valence-electron chi connectivity index (χ3n) is 2.26. The lowest BCUT2D eigenvalue weighted by Gasteiger charge is -2.19. The Balaban J connectivity index is 2.52. The van der Waals surface area contributed by atoms with Crippen LogP contribution < -0.4 is 0 Å². The first-order valence-corrected chi connectivity index (χ1v) is 5.89. The van der Waals surface area contributed by atoms with Gasteiger partial charge in [-0.25, -0.2) is 4.98 Å². The molecule has 16 heavy (non-hydrogen) atoms. The molecule has 0 aromatic carbocycles. The maximum absolute atomic E-state index is 6.00. The van der Waals surface area contributed by atoms with Gasteiger partial charge in [0.1, 0.15) is 10.3 Å². The van der Waals surface area contributed by atoms with Crippen molar-refractivity contribution in [3.8, 4) is 0 Å². The van der Waals surface area contributed by atoms with E-state index >= 15 is 0 Å². The third-order valence-corrected chi connectivity index (χ3v) is 2.80. The molecule has 90 valence electrons. The van der Waals surface area contributed by atoms with Gasteiger partial charge in [-0.2, -0.15) is 0 Å². The van der Waals surface area contributed by atoms with Crippen LogP contribution in [0.3, 0.4) is 0 Å². The highest BCUT2D eigenvalue weighted by molar-refractivity contribution is 6.32. The second-order valence-corrected chi connectivity index (χ2v) is 4.87. The first-order valence-electron chi connectivity index (χ1n) is 5.13. The van der Waals surface area contributed by atoms with E-state index in [1.54, 1.807) is 6.07 Å². The van der Waals surface area contributed by atoms with E-state index in [0.29, 0.717) is 10.3 Å². The number of pyridine rings is 1. The summed E-state index contributed by atoms with van der Waals surface area (Å²) in [4.78, 5) is 8.37. The van der Waals surface area contributed by atoms with Gasteiger partial charge in [-0.15, -0.1) is 0 Å². The number of aromatic nitrogens is 1. The summed E-state index contributed by atoms with van der Waals surface area (Å²) in [6.45, 7) is 2.80. The Labute approximate surface area is 107 Å². The SMILES string of the molecule is CN(C)CCN(C)Cc1ccc(Cl)nc1Cl. The Bertz CT molecular complexity index is 342. The monoisotopic (exact) mass is 261 g/mol. The van der Waals surface area contributed by atoms with Gasteiger partial charge in [0.15, 0.2) is 0 Å². The zero-order chi connectivity index (χ0) is 12.1. The Morgan fingerprint density at radius 1 is 1.12 bits per heavy atom. The molecule has 0 bridgehead atoms. The number of hydrogen-bond acceptors (Lipinski definition) is 3. The second-order valence-electron chi connectivity index (χ2n) is 4.12. The molecule has 1 heterocycles. The lowest BCUT2D eigenvalue weighted by atomic mass is 10.2. The highest BCUT2D eigenvalue weighted by atomic mass is 35.5. The summed E-state index contributed by atoms with van der Waals surface area (Å²) >= 11 is 11.7. The molecule has 0 fully saturated rings. The molecule has 0 aliphatic carbocycles. The quantitative estimate of drug-likeness (QED) is 0.759. The molecule has 0 unspecified atom stereocenters. The fourth-order valence-corrected chi connectivity index (χ4v) is 1.70. The van der Waals surface area contributed by atoms with Crippen LogP contribution in [0.5, 0.6) is 0 Å². The molecule has 0 saturated carbocycles. The van der Waals surface area contributed by atoms with Crippen molar-refractivity contribution in [2.24, 2.45) is 0 Å². The van der Waals surface area contributed by atoms with Gasteiger partial charge < -0.3 is 9.80 Å².